The van der Waals surface area contributed by atoms with Gasteiger partial charge in [-0.15, -0.1) is 11.3 Å². The Morgan fingerprint density at radius 1 is 1.11 bits per heavy atom. The first-order valence-corrected chi connectivity index (χ1v) is 7.07. The Kier molecular flexibility index (Phi) is 3.32. The summed E-state index contributed by atoms with van der Waals surface area (Å²) in [5.41, 5.74) is 6.76. The van der Waals surface area contributed by atoms with Crippen molar-refractivity contribution in [1.82, 2.24) is 0 Å². The molecular weight excluding hydrogens is 278 g/mol. The van der Waals surface area contributed by atoms with Crippen LogP contribution in [0.4, 0.5) is 5.69 Å². The Morgan fingerprint density at radius 3 is 2.63 bits per heavy atom. The van der Waals surface area contributed by atoms with E-state index in [-0.39, 0.29) is 0 Å². The second-order valence-corrected chi connectivity index (χ2v) is 5.82. The molecule has 19 heavy (non-hydrogen) atoms. The van der Waals surface area contributed by atoms with Gasteiger partial charge in [0.05, 0.1) is 0 Å². The Hall–Kier alpha value is -1.71. The number of thiophene rings is 1. The molecule has 4 heteroatoms. The van der Waals surface area contributed by atoms with Gasteiger partial charge >= 0.3 is 0 Å². The van der Waals surface area contributed by atoms with E-state index in [1.807, 2.05) is 36.4 Å². The zero-order valence-corrected chi connectivity index (χ0v) is 11.7. The highest BCUT2D eigenvalue weighted by Crippen LogP contribution is 2.30. The highest BCUT2D eigenvalue weighted by molar-refractivity contribution is 7.19. The van der Waals surface area contributed by atoms with Crippen molar-refractivity contribution in [2.45, 2.75) is 6.61 Å². The number of ether oxygens (including phenoxy) is 1. The molecule has 0 unspecified atom stereocenters. The first kappa shape index (κ1) is 12.3. The van der Waals surface area contributed by atoms with Gasteiger partial charge in [-0.05, 0) is 42.5 Å². The van der Waals surface area contributed by atoms with Gasteiger partial charge in [-0.3, -0.25) is 0 Å². The number of hydrogen-bond acceptors (Lipinski definition) is 3. The van der Waals surface area contributed by atoms with Crippen LogP contribution in [0.25, 0.3) is 10.1 Å². The van der Waals surface area contributed by atoms with Gasteiger partial charge in [0.2, 0.25) is 0 Å². The molecule has 0 fully saturated rings. The minimum atomic E-state index is 0.542. The predicted octanol–water partition coefficient (Wildman–Crippen LogP) is 4.72. The molecule has 3 aromatic rings. The van der Waals surface area contributed by atoms with Crippen molar-refractivity contribution in [3.05, 3.63) is 58.4 Å². The fourth-order valence-electron chi connectivity index (χ4n) is 1.89. The maximum Gasteiger partial charge on any atom is 0.122 e. The maximum absolute atomic E-state index is 5.94. The van der Waals surface area contributed by atoms with E-state index in [1.165, 1.54) is 4.70 Å². The van der Waals surface area contributed by atoms with Crippen molar-refractivity contribution in [2.24, 2.45) is 0 Å². The fourth-order valence-corrected chi connectivity index (χ4v) is 3.03. The van der Waals surface area contributed by atoms with Gasteiger partial charge in [-0.1, -0.05) is 17.7 Å². The summed E-state index contributed by atoms with van der Waals surface area (Å²) in [6, 6.07) is 15.4. The fraction of sp³-hybridized carbons (Fsp3) is 0.0667. The molecule has 2 nitrogen and oxygen atoms in total. The predicted molar refractivity (Wildman–Crippen MR) is 82.0 cm³/mol. The molecule has 96 valence electrons. The lowest BCUT2D eigenvalue weighted by Crippen LogP contribution is -1.92. The first-order valence-electron chi connectivity index (χ1n) is 5.87. The number of fused-ring (bicyclic) bond motifs is 1. The van der Waals surface area contributed by atoms with Crippen molar-refractivity contribution in [1.29, 1.82) is 0 Å². The molecule has 2 N–H and O–H groups in total. The molecule has 0 radical (unpaired) electrons. The summed E-state index contributed by atoms with van der Waals surface area (Å²) in [6.45, 7) is 0.542. The van der Waals surface area contributed by atoms with E-state index in [9.17, 15) is 0 Å². The van der Waals surface area contributed by atoms with Crippen LogP contribution < -0.4 is 10.5 Å². The standard InChI is InChI=1S/C15H12ClNOS/c16-10-4-6-11(7-5-10)18-9-12-8-13-14(17)2-1-3-15(13)19-12/h1-8H,9,17H2. The van der Waals surface area contributed by atoms with Crippen molar-refractivity contribution < 1.29 is 4.74 Å². The number of rotatable bonds is 3. The molecule has 1 aromatic heterocycles. The van der Waals surface area contributed by atoms with Gasteiger partial charge in [0.25, 0.3) is 0 Å². The molecule has 0 aliphatic carbocycles. The molecule has 0 aliphatic heterocycles. The van der Waals surface area contributed by atoms with Gasteiger partial charge in [0.15, 0.2) is 0 Å². The van der Waals surface area contributed by atoms with E-state index in [4.69, 9.17) is 22.1 Å². The summed E-state index contributed by atoms with van der Waals surface area (Å²) in [6.07, 6.45) is 0. The first-order chi connectivity index (χ1) is 9.22. The highest BCUT2D eigenvalue weighted by atomic mass is 35.5. The monoisotopic (exact) mass is 289 g/mol. The number of nitrogens with two attached hydrogens (primary N) is 1. The van der Waals surface area contributed by atoms with Crippen molar-refractivity contribution in [3.8, 4) is 5.75 Å². The SMILES string of the molecule is Nc1cccc2sc(COc3ccc(Cl)cc3)cc12. The number of halogens is 1. The molecule has 0 aliphatic rings. The third-order valence-corrected chi connectivity index (χ3v) is 4.17. The van der Waals surface area contributed by atoms with Crippen LogP contribution >= 0.6 is 22.9 Å². The van der Waals surface area contributed by atoms with E-state index in [0.29, 0.717) is 11.6 Å². The lowest BCUT2D eigenvalue weighted by atomic mass is 10.2. The van der Waals surface area contributed by atoms with Crippen LogP contribution in [0.1, 0.15) is 4.88 Å². The smallest absolute Gasteiger partial charge is 0.122 e. The second-order valence-electron chi connectivity index (χ2n) is 4.21. The summed E-state index contributed by atoms with van der Waals surface area (Å²) in [7, 11) is 0. The second kappa shape index (κ2) is 5.11. The number of hydrogen-bond donors (Lipinski definition) is 1. The quantitative estimate of drug-likeness (QED) is 0.708. The molecule has 0 saturated carbocycles. The van der Waals surface area contributed by atoms with E-state index >= 15 is 0 Å². The zero-order valence-electron chi connectivity index (χ0n) is 10.1. The Morgan fingerprint density at radius 2 is 1.89 bits per heavy atom. The molecule has 3 rings (SSSR count). The van der Waals surface area contributed by atoms with Crippen molar-refractivity contribution in [2.75, 3.05) is 5.73 Å². The topological polar surface area (TPSA) is 35.2 Å². The van der Waals surface area contributed by atoms with Crippen LogP contribution in [0.3, 0.4) is 0 Å². The van der Waals surface area contributed by atoms with E-state index in [1.54, 1.807) is 11.3 Å². The number of nitrogen functional groups attached to an aromatic ring is 1. The van der Waals surface area contributed by atoms with E-state index in [2.05, 4.69) is 12.1 Å². The van der Waals surface area contributed by atoms with Crippen LogP contribution in [0.5, 0.6) is 5.75 Å². The Bertz CT molecular complexity index is 706. The van der Waals surface area contributed by atoms with Gasteiger partial charge in [0.1, 0.15) is 12.4 Å². The average Bonchev–Trinajstić information content (AvgIpc) is 2.83. The van der Waals surface area contributed by atoms with E-state index < -0.39 is 0 Å². The lowest BCUT2D eigenvalue weighted by Gasteiger charge is -2.03. The molecular formula is C15H12ClNOS. The van der Waals surface area contributed by atoms with Crippen LogP contribution in [-0.2, 0) is 6.61 Å². The minimum absolute atomic E-state index is 0.542. The lowest BCUT2D eigenvalue weighted by molar-refractivity contribution is 0.310. The van der Waals surface area contributed by atoms with Crippen LogP contribution in [0.15, 0.2) is 48.5 Å². The summed E-state index contributed by atoms with van der Waals surface area (Å²) in [4.78, 5) is 1.16. The van der Waals surface area contributed by atoms with Crippen LogP contribution in [0, 0.1) is 0 Å². The summed E-state index contributed by atoms with van der Waals surface area (Å²) in [5, 5.41) is 1.81. The van der Waals surface area contributed by atoms with Gasteiger partial charge < -0.3 is 10.5 Å². The van der Waals surface area contributed by atoms with Gasteiger partial charge in [-0.25, -0.2) is 0 Å². The van der Waals surface area contributed by atoms with E-state index in [0.717, 1.165) is 21.7 Å². The average molecular weight is 290 g/mol. The maximum atomic E-state index is 5.94. The number of anilines is 1. The van der Waals surface area contributed by atoms with Crippen molar-refractivity contribution in [3.63, 3.8) is 0 Å². The van der Waals surface area contributed by atoms with Crippen LogP contribution in [-0.4, -0.2) is 0 Å². The van der Waals surface area contributed by atoms with Crippen LogP contribution in [0.2, 0.25) is 5.02 Å². The molecule has 0 atom stereocenters. The van der Waals surface area contributed by atoms with Gasteiger partial charge in [0, 0.05) is 25.7 Å². The summed E-state index contributed by atoms with van der Waals surface area (Å²) < 4.78 is 6.92. The summed E-state index contributed by atoms with van der Waals surface area (Å²) in [5.74, 6) is 0.815. The Labute approximate surface area is 120 Å². The zero-order chi connectivity index (χ0) is 13.2. The summed E-state index contributed by atoms with van der Waals surface area (Å²) >= 11 is 7.54. The van der Waals surface area contributed by atoms with Gasteiger partial charge in [-0.2, -0.15) is 0 Å². The molecule has 0 bridgehead atoms. The third kappa shape index (κ3) is 2.67. The molecule has 0 saturated heterocycles. The largest absolute Gasteiger partial charge is 0.488 e. The minimum Gasteiger partial charge on any atom is -0.488 e. The van der Waals surface area contributed by atoms with Crippen molar-refractivity contribution >= 4 is 38.7 Å². The normalized spacial score (nSPS) is 10.8. The Balaban J connectivity index is 1.78. The third-order valence-electron chi connectivity index (χ3n) is 2.84. The molecule has 1 heterocycles. The molecule has 2 aromatic carbocycles. The molecule has 0 spiro atoms. The number of benzene rings is 2. The molecule has 0 amide bonds. The highest BCUT2D eigenvalue weighted by Gasteiger charge is 2.05.